The molecule has 4 aromatic rings. The number of carboxylic acids is 1. The molecule has 2 heterocycles. The van der Waals surface area contributed by atoms with Crippen LogP contribution in [0.25, 0.3) is 11.3 Å². The molecule has 2 aliphatic rings. The lowest BCUT2D eigenvalue weighted by Crippen LogP contribution is -2.02. The molecular formula is C26H17Cl2NO5S. The van der Waals surface area contributed by atoms with Crippen LogP contribution in [0.2, 0.25) is 10.0 Å². The standard InChI is InChI=1S/C26H17Cl2NO5S/c27-17-2-1-3-18(28)23(17)24-16(25(34-29-24)13-4-5-13)12-32-15-7-8-19-22(11-15)35-21-9-6-14(26(30)31)10-20(21)33-19/h1-3,6-11,13H,4-5,12H2,(H,30,31). The van der Waals surface area contributed by atoms with Crippen molar-refractivity contribution in [3.05, 3.63) is 81.5 Å². The molecule has 0 amide bonds. The second-order valence-electron chi connectivity index (χ2n) is 8.31. The molecule has 0 spiro atoms. The van der Waals surface area contributed by atoms with Crippen LogP contribution < -0.4 is 9.47 Å². The van der Waals surface area contributed by atoms with Crippen LogP contribution in [0.3, 0.4) is 0 Å². The van der Waals surface area contributed by atoms with E-state index >= 15 is 0 Å². The summed E-state index contributed by atoms with van der Waals surface area (Å²) in [5, 5.41) is 14.5. The van der Waals surface area contributed by atoms with Gasteiger partial charge >= 0.3 is 5.97 Å². The van der Waals surface area contributed by atoms with E-state index in [-0.39, 0.29) is 12.2 Å². The van der Waals surface area contributed by atoms with E-state index in [1.807, 2.05) is 18.2 Å². The summed E-state index contributed by atoms with van der Waals surface area (Å²) in [4.78, 5) is 13.0. The number of benzene rings is 3. The van der Waals surface area contributed by atoms with Crippen LogP contribution in [0.15, 0.2) is 68.9 Å². The van der Waals surface area contributed by atoms with Gasteiger partial charge in [-0.2, -0.15) is 0 Å². The van der Waals surface area contributed by atoms with Gasteiger partial charge in [-0.3, -0.25) is 0 Å². The van der Waals surface area contributed by atoms with E-state index < -0.39 is 5.97 Å². The molecule has 6 nitrogen and oxygen atoms in total. The van der Waals surface area contributed by atoms with E-state index in [0.717, 1.165) is 34.0 Å². The highest BCUT2D eigenvalue weighted by atomic mass is 35.5. The molecule has 1 aliphatic heterocycles. The lowest BCUT2D eigenvalue weighted by atomic mass is 10.0. The maximum absolute atomic E-state index is 11.3. The number of carbonyl (C=O) groups is 1. The van der Waals surface area contributed by atoms with Crippen molar-refractivity contribution in [2.45, 2.75) is 35.2 Å². The number of hydrogen-bond acceptors (Lipinski definition) is 6. The van der Waals surface area contributed by atoms with Gasteiger partial charge in [0.15, 0.2) is 0 Å². The number of aromatic nitrogens is 1. The average Bonchev–Trinajstić information content (AvgIpc) is 3.61. The summed E-state index contributed by atoms with van der Waals surface area (Å²) in [6.45, 7) is 0.245. The largest absolute Gasteiger partial charge is 0.489 e. The molecule has 1 aromatic heterocycles. The molecule has 0 atom stereocenters. The number of fused-ring (bicyclic) bond motifs is 2. The summed E-state index contributed by atoms with van der Waals surface area (Å²) in [6.07, 6.45) is 2.10. The first-order valence-electron chi connectivity index (χ1n) is 10.9. The summed E-state index contributed by atoms with van der Waals surface area (Å²) in [7, 11) is 0. The normalized spacial score (nSPS) is 14.1. The van der Waals surface area contributed by atoms with Crippen LogP contribution in [0.5, 0.6) is 17.2 Å². The molecule has 1 saturated carbocycles. The Kier molecular flexibility index (Phi) is 5.63. The number of rotatable bonds is 6. The first kappa shape index (κ1) is 22.3. The Bertz CT molecular complexity index is 1460. The Balaban J connectivity index is 1.27. The van der Waals surface area contributed by atoms with E-state index in [1.54, 1.807) is 30.3 Å². The van der Waals surface area contributed by atoms with Gasteiger partial charge in [-0.15, -0.1) is 0 Å². The number of carboxylic acid groups (broad SMARTS) is 1. The van der Waals surface area contributed by atoms with Crippen molar-refractivity contribution in [3.8, 4) is 28.5 Å². The quantitative estimate of drug-likeness (QED) is 0.240. The third-order valence-corrected chi connectivity index (χ3v) is 7.62. The highest BCUT2D eigenvalue weighted by molar-refractivity contribution is 7.99. The maximum Gasteiger partial charge on any atom is 0.335 e. The first-order chi connectivity index (χ1) is 17.0. The Morgan fingerprint density at radius 3 is 2.60 bits per heavy atom. The van der Waals surface area contributed by atoms with Crippen molar-refractivity contribution >= 4 is 40.9 Å². The van der Waals surface area contributed by atoms with Gasteiger partial charge in [0.05, 0.1) is 31.0 Å². The zero-order valence-electron chi connectivity index (χ0n) is 18.1. The third kappa shape index (κ3) is 4.24. The van der Waals surface area contributed by atoms with Gasteiger partial charge in [0, 0.05) is 11.5 Å². The van der Waals surface area contributed by atoms with E-state index in [2.05, 4.69) is 5.16 Å². The molecule has 6 rings (SSSR count). The van der Waals surface area contributed by atoms with E-state index in [0.29, 0.717) is 44.5 Å². The molecule has 176 valence electrons. The fourth-order valence-corrected chi connectivity index (χ4v) is 5.52. The highest BCUT2D eigenvalue weighted by Crippen LogP contribution is 2.49. The minimum absolute atomic E-state index is 0.183. The van der Waals surface area contributed by atoms with Crippen LogP contribution in [-0.4, -0.2) is 16.2 Å². The van der Waals surface area contributed by atoms with Crippen LogP contribution in [0.4, 0.5) is 0 Å². The summed E-state index contributed by atoms with van der Waals surface area (Å²) < 4.78 is 17.8. The van der Waals surface area contributed by atoms with Gasteiger partial charge in [0.25, 0.3) is 0 Å². The van der Waals surface area contributed by atoms with Crippen molar-refractivity contribution in [3.63, 3.8) is 0 Å². The highest BCUT2D eigenvalue weighted by Gasteiger charge is 2.33. The SMILES string of the molecule is O=C(O)c1ccc2c(c1)Oc1ccc(OCc3c(-c4c(Cl)cccc4Cl)noc3C3CC3)cc1S2. The maximum atomic E-state index is 11.3. The van der Waals surface area contributed by atoms with E-state index in [1.165, 1.54) is 17.8 Å². The molecule has 0 saturated heterocycles. The zero-order valence-corrected chi connectivity index (χ0v) is 20.4. The van der Waals surface area contributed by atoms with Gasteiger partial charge < -0.3 is 19.1 Å². The summed E-state index contributed by atoms with van der Waals surface area (Å²) in [6, 6.07) is 15.7. The number of nitrogens with zero attached hydrogens (tertiary/aromatic N) is 1. The molecule has 1 N–H and O–H groups in total. The van der Waals surface area contributed by atoms with Crippen LogP contribution in [-0.2, 0) is 6.61 Å². The minimum atomic E-state index is -0.993. The first-order valence-corrected chi connectivity index (χ1v) is 12.5. The monoisotopic (exact) mass is 525 g/mol. The predicted molar refractivity (Wildman–Crippen MR) is 132 cm³/mol. The van der Waals surface area contributed by atoms with Crippen LogP contribution in [0.1, 0.15) is 40.4 Å². The van der Waals surface area contributed by atoms with Crippen molar-refractivity contribution < 1.29 is 23.9 Å². The summed E-state index contributed by atoms with van der Waals surface area (Å²) in [5.74, 6) is 1.98. The van der Waals surface area contributed by atoms with Crippen molar-refractivity contribution in [2.75, 3.05) is 0 Å². The van der Waals surface area contributed by atoms with Gasteiger partial charge in [-0.25, -0.2) is 4.79 Å². The molecule has 3 aromatic carbocycles. The summed E-state index contributed by atoms with van der Waals surface area (Å²) >= 11 is 14.4. The van der Waals surface area contributed by atoms with Gasteiger partial charge in [0.2, 0.25) is 0 Å². The second kappa shape index (κ2) is 8.82. The fourth-order valence-electron chi connectivity index (χ4n) is 3.99. The van der Waals surface area contributed by atoms with E-state index in [9.17, 15) is 9.90 Å². The van der Waals surface area contributed by atoms with Crippen molar-refractivity contribution in [1.29, 1.82) is 0 Å². The molecule has 35 heavy (non-hydrogen) atoms. The zero-order chi connectivity index (χ0) is 24.1. The molecule has 0 radical (unpaired) electrons. The number of aromatic carboxylic acids is 1. The lowest BCUT2D eigenvalue weighted by molar-refractivity contribution is 0.0696. The Hall–Kier alpha value is -3.13. The second-order valence-corrected chi connectivity index (χ2v) is 10.2. The van der Waals surface area contributed by atoms with Crippen LogP contribution >= 0.6 is 35.0 Å². The number of ether oxygens (including phenoxy) is 2. The van der Waals surface area contributed by atoms with Gasteiger partial charge in [-0.1, -0.05) is 46.2 Å². The lowest BCUT2D eigenvalue weighted by Gasteiger charge is -2.20. The minimum Gasteiger partial charge on any atom is -0.489 e. The molecular weight excluding hydrogens is 509 g/mol. The molecule has 1 fully saturated rings. The Morgan fingerprint density at radius 2 is 1.86 bits per heavy atom. The molecule has 0 bridgehead atoms. The smallest absolute Gasteiger partial charge is 0.335 e. The molecule has 0 unspecified atom stereocenters. The topological polar surface area (TPSA) is 81.8 Å². The Labute approximate surface area is 214 Å². The fraction of sp³-hybridized carbons (Fsp3) is 0.154. The van der Waals surface area contributed by atoms with E-state index in [4.69, 9.17) is 37.2 Å². The van der Waals surface area contributed by atoms with Crippen LogP contribution in [0, 0.1) is 0 Å². The average molecular weight is 526 g/mol. The predicted octanol–water partition coefficient (Wildman–Crippen LogP) is 8.06. The molecule has 1 aliphatic carbocycles. The van der Waals surface area contributed by atoms with Gasteiger partial charge in [-0.05, 0) is 61.4 Å². The third-order valence-electron chi connectivity index (χ3n) is 5.90. The Morgan fingerprint density at radius 1 is 1.06 bits per heavy atom. The van der Waals surface area contributed by atoms with Gasteiger partial charge in [0.1, 0.15) is 35.3 Å². The summed E-state index contributed by atoms with van der Waals surface area (Å²) in [5.41, 5.74) is 2.26. The van der Waals surface area contributed by atoms with Crippen molar-refractivity contribution in [1.82, 2.24) is 5.16 Å². The number of hydrogen-bond donors (Lipinski definition) is 1. The number of halogens is 2. The molecule has 9 heteroatoms. The van der Waals surface area contributed by atoms with Crippen molar-refractivity contribution in [2.24, 2.45) is 0 Å².